The third-order valence-corrected chi connectivity index (χ3v) is 5.14. The fraction of sp³-hybridized carbons (Fsp3) is 0.320. The molecule has 0 aliphatic carbocycles. The van der Waals surface area contributed by atoms with Gasteiger partial charge in [0.25, 0.3) is 0 Å². The summed E-state index contributed by atoms with van der Waals surface area (Å²) in [6.45, 7) is 4.55. The topological polar surface area (TPSA) is 88.7 Å². The van der Waals surface area contributed by atoms with Gasteiger partial charge in [0.1, 0.15) is 17.5 Å². The van der Waals surface area contributed by atoms with Gasteiger partial charge in [0.05, 0.1) is 11.4 Å². The van der Waals surface area contributed by atoms with E-state index in [1.165, 1.54) is 5.56 Å². The zero-order valence-electron chi connectivity index (χ0n) is 19.5. The van der Waals surface area contributed by atoms with Gasteiger partial charge in [-0.25, -0.2) is 4.99 Å². The number of ether oxygens (including phenoxy) is 1. The number of aliphatic imine (C=N–C) groups is 1. The second-order valence-electron chi connectivity index (χ2n) is 7.94. The van der Waals surface area contributed by atoms with E-state index in [-0.39, 0.29) is 6.10 Å². The van der Waals surface area contributed by atoms with E-state index in [1.807, 2.05) is 82.4 Å². The molecule has 7 heteroatoms. The van der Waals surface area contributed by atoms with Gasteiger partial charge in [-0.3, -0.25) is 0 Å². The van der Waals surface area contributed by atoms with Crippen molar-refractivity contribution >= 4 is 22.9 Å². The molecule has 3 N–H and O–H groups in total. The molecule has 0 aliphatic heterocycles. The van der Waals surface area contributed by atoms with Crippen molar-refractivity contribution in [3.63, 3.8) is 0 Å². The SMILES string of the molecule is CNCC(Cc1ccccc1)Oc1ccccc1N=C(C)c1c(C)nnc(N(C)C)c1N. The van der Waals surface area contributed by atoms with Gasteiger partial charge in [0, 0.05) is 38.3 Å². The van der Waals surface area contributed by atoms with Gasteiger partial charge in [0.15, 0.2) is 5.82 Å². The van der Waals surface area contributed by atoms with Gasteiger partial charge >= 0.3 is 0 Å². The molecular formula is C25H32N6O. The highest BCUT2D eigenvalue weighted by Crippen LogP contribution is 2.31. The predicted octanol–water partition coefficient (Wildman–Crippen LogP) is 3.78. The zero-order valence-corrected chi connectivity index (χ0v) is 19.5. The van der Waals surface area contributed by atoms with Gasteiger partial charge in [-0.2, -0.15) is 5.10 Å². The molecular weight excluding hydrogens is 400 g/mol. The number of benzene rings is 2. The number of rotatable bonds is 9. The van der Waals surface area contributed by atoms with Gasteiger partial charge in [-0.15, -0.1) is 5.10 Å². The molecule has 0 saturated heterocycles. The first-order chi connectivity index (χ1) is 15.4. The van der Waals surface area contributed by atoms with Crippen molar-refractivity contribution in [3.8, 4) is 5.75 Å². The van der Waals surface area contributed by atoms with Crippen LogP contribution < -0.4 is 20.7 Å². The average Bonchev–Trinajstić information content (AvgIpc) is 2.76. The maximum absolute atomic E-state index is 6.42. The highest BCUT2D eigenvalue weighted by Gasteiger charge is 2.17. The number of likely N-dealkylation sites (N-methyl/N-ethyl adjacent to an activating group) is 1. The molecule has 1 unspecified atom stereocenters. The Bertz CT molecular complexity index is 1070. The van der Waals surface area contributed by atoms with Crippen molar-refractivity contribution in [2.75, 3.05) is 38.3 Å². The minimum Gasteiger partial charge on any atom is -0.486 e. The minimum absolute atomic E-state index is 0.0335. The molecule has 32 heavy (non-hydrogen) atoms. The largest absolute Gasteiger partial charge is 0.486 e. The summed E-state index contributed by atoms with van der Waals surface area (Å²) < 4.78 is 6.41. The lowest BCUT2D eigenvalue weighted by Crippen LogP contribution is -2.31. The molecule has 1 aromatic heterocycles. The van der Waals surface area contributed by atoms with Crippen LogP contribution in [0.2, 0.25) is 0 Å². The number of para-hydroxylation sites is 2. The molecule has 1 heterocycles. The molecule has 0 radical (unpaired) electrons. The minimum atomic E-state index is -0.0335. The maximum atomic E-state index is 6.42. The zero-order chi connectivity index (χ0) is 23.1. The highest BCUT2D eigenvalue weighted by atomic mass is 16.5. The van der Waals surface area contributed by atoms with Crippen molar-refractivity contribution in [1.29, 1.82) is 0 Å². The lowest BCUT2D eigenvalue weighted by atomic mass is 10.1. The average molecular weight is 433 g/mol. The number of nitrogens with zero attached hydrogens (tertiary/aromatic N) is 4. The van der Waals surface area contributed by atoms with Crippen molar-refractivity contribution < 1.29 is 4.74 Å². The third-order valence-electron chi connectivity index (χ3n) is 5.14. The molecule has 2 aromatic carbocycles. The number of nitrogens with one attached hydrogen (secondary N) is 1. The van der Waals surface area contributed by atoms with E-state index < -0.39 is 0 Å². The summed E-state index contributed by atoms with van der Waals surface area (Å²) in [7, 11) is 5.72. The Hall–Kier alpha value is -3.45. The number of aromatic nitrogens is 2. The van der Waals surface area contributed by atoms with Crippen LogP contribution in [0, 0.1) is 6.92 Å². The quantitative estimate of drug-likeness (QED) is 0.500. The molecule has 7 nitrogen and oxygen atoms in total. The lowest BCUT2D eigenvalue weighted by molar-refractivity contribution is 0.202. The summed E-state index contributed by atoms with van der Waals surface area (Å²) in [4.78, 5) is 6.73. The Morgan fingerprint density at radius 1 is 1.09 bits per heavy atom. The van der Waals surface area contributed by atoms with E-state index in [4.69, 9.17) is 15.5 Å². The van der Waals surface area contributed by atoms with E-state index in [0.29, 0.717) is 11.5 Å². The van der Waals surface area contributed by atoms with E-state index in [9.17, 15) is 0 Å². The highest BCUT2D eigenvalue weighted by molar-refractivity contribution is 6.07. The second kappa shape index (κ2) is 10.7. The Morgan fingerprint density at radius 2 is 1.78 bits per heavy atom. The fourth-order valence-corrected chi connectivity index (χ4v) is 3.65. The summed E-state index contributed by atoms with van der Waals surface area (Å²) >= 11 is 0. The maximum Gasteiger partial charge on any atom is 0.174 e. The Labute approximate surface area is 190 Å². The van der Waals surface area contributed by atoms with E-state index >= 15 is 0 Å². The van der Waals surface area contributed by atoms with Crippen LogP contribution in [-0.4, -0.2) is 49.7 Å². The van der Waals surface area contributed by atoms with Crippen LogP contribution in [0.25, 0.3) is 0 Å². The first-order valence-corrected chi connectivity index (χ1v) is 10.7. The Morgan fingerprint density at radius 3 is 2.47 bits per heavy atom. The van der Waals surface area contributed by atoms with Gasteiger partial charge in [-0.05, 0) is 38.6 Å². The fourth-order valence-electron chi connectivity index (χ4n) is 3.65. The van der Waals surface area contributed by atoms with Gasteiger partial charge < -0.3 is 20.7 Å². The summed E-state index contributed by atoms with van der Waals surface area (Å²) in [5, 5.41) is 11.7. The Balaban J connectivity index is 1.92. The van der Waals surface area contributed by atoms with Crippen LogP contribution in [0.5, 0.6) is 5.75 Å². The normalized spacial score (nSPS) is 12.5. The third kappa shape index (κ3) is 5.62. The molecule has 0 saturated carbocycles. The predicted molar refractivity (Wildman–Crippen MR) is 132 cm³/mol. The van der Waals surface area contributed by atoms with E-state index in [1.54, 1.807) is 0 Å². The van der Waals surface area contributed by atoms with Crippen molar-refractivity contribution in [2.24, 2.45) is 4.99 Å². The van der Waals surface area contributed by atoms with E-state index in [2.05, 4.69) is 27.6 Å². The van der Waals surface area contributed by atoms with Crippen LogP contribution in [0.4, 0.5) is 17.2 Å². The van der Waals surface area contributed by atoms with Crippen LogP contribution in [0.15, 0.2) is 59.6 Å². The number of hydrogen-bond donors (Lipinski definition) is 2. The number of nitrogens with two attached hydrogens (primary N) is 1. The molecule has 0 spiro atoms. The monoisotopic (exact) mass is 432 g/mol. The second-order valence-corrected chi connectivity index (χ2v) is 7.94. The standard InChI is InChI=1S/C25H32N6O/c1-17(23-18(2)29-30-25(24(23)26)31(4)5)28-21-13-9-10-14-22(21)32-20(16-27-3)15-19-11-7-6-8-12-19/h6-14,20,27H,15-16H2,1-5H3,(H2,26,29). The first-order valence-electron chi connectivity index (χ1n) is 10.7. The summed E-state index contributed by atoms with van der Waals surface area (Å²) in [6, 6.07) is 18.2. The smallest absolute Gasteiger partial charge is 0.174 e. The number of hydrogen-bond acceptors (Lipinski definition) is 7. The molecule has 3 aromatic rings. The summed E-state index contributed by atoms with van der Waals surface area (Å²) in [5.41, 5.74) is 11.3. The van der Waals surface area contributed by atoms with Gasteiger partial charge in [0.2, 0.25) is 0 Å². The van der Waals surface area contributed by atoms with Crippen LogP contribution in [-0.2, 0) is 6.42 Å². The first kappa shape index (κ1) is 23.2. The molecule has 0 fully saturated rings. The number of anilines is 2. The lowest BCUT2D eigenvalue weighted by Gasteiger charge is -2.20. The summed E-state index contributed by atoms with van der Waals surface area (Å²) in [6.07, 6.45) is 0.763. The number of aryl methyl sites for hydroxylation is 1. The van der Waals surface area contributed by atoms with E-state index in [0.717, 1.165) is 41.4 Å². The summed E-state index contributed by atoms with van der Waals surface area (Å²) in [5.74, 6) is 1.36. The molecule has 3 rings (SSSR count). The van der Waals surface area contributed by atoms with Crippen molar-refractivity contribution in [1.82, 2.24) is 15.5 Å². The van der Waals surface area contributed by atoms with Crippen LogP contribution in [0.1, 0.15) is 23.7 Å². The number of nitrogen functional groups attached to an aromatic ring is 1. The molecule has 168 valence electrons. The van der Waals surface area contributed by atoms with Crippen molar-refractivity contribution in [2.45, 2.75) is 26.4 Å². The molecule has 0 bridgehead atoms. The molecule has 1 atom stereocenters. The molecule has 0 aliphatic rings. The van der Waals surface area contributed by atoms with Crippen LogP contribution >= 0.6 is 0 Å². The molecule has 0 amide bonds. The Kier molecular flexibility index (Phi) is 7.78. The van der Waals surface area contributed by atoms with Gasteiger partial charge in [-0.1, -0.05) is 42.5 Å². The van der Waals surface area contributed by atoms with Crippen molar-refractivity contribution in [3.05, 3.63) is 71.4 Å². The van der Waals surface area contributed by atoms with Crippen LogP contribution in [0.3, 0.4) is 0 Å².